The van der Waals surface area contributed by atoms with E-state index in [1.165, 1.54) is 0 Å². The van der Waals surface area contributed by atoms with Crippen LogP contribution in [0.25, 0.3) is 0 Å². The molecule has 1 aromatic rings. The number of hydrazine groups is 1. The van der Waals surface area contributed by atoms with Gasteiger partial charge in [-0.05, 0) is 24.1 Å². The fourth-order valence-corrected chi connectivity index (χ4v) is 1.48. The predicted octanol–water partition coefficient (Wildman–Crippen LogP) is 0.931. The first kappa shape index (κ1) is 7.58. The van der Waals surface area contributed by atoms with E-state index in [9.17, 15) is 5.11 Å². The van der Waals surface area contributed by atoms with Crippen LogP contribution in [0.2, 0.25) is 0 Å². The Morgan fingerprint density at radius 1 is 1.42 bits per heavy atom. The van der Waals surface area contributed by atoms with Crippen LogP contribution in [-0.4, -0.2) is 11.7 Å². The SMILES string of the molecule is Oc1cccc(C2CCNN2)c1. The summed E-state index contributed by atoms with van der Waals surface area (Å²) < 4.78 is 0. The highest BCUT2D eigenvalue weighted by molar-refractivity contribution is 5.29. The molecule has 3 nitrogen and oxygen atoms in total. The molecule has 1 aliphatic heterocycles. The van der Waals surface area contributed by atoms with Gasteiger partial charge in [0.05, 0.1) is 0 Å². The van der Waals surface area contributed by atoms with E-state index in [4.69, 9.17) is 0 Å². The smallest absolute Gasteiger partial charge is 0.115 e. The minimum Gasteiger partial charge on any atom is -0.508 e. The molecule has 1 unspecified atom stereocenters. The number of hydrogen-bond acceptors (Lipinski definition) is 3. The molecular formula is C9H12N2O. The third-order valence-electron chi connectivity index (χ3n) is 2.11. The molecular weight excluding hydrogens is 152 g/mol. The lowest BCUT2D eigenvalue weighted by atomic mass is 10.1. The van der Waals surface area contributed by atoms with Crippen molar-refractivity contribution in [2.75, 3.05) is 6.54 Å². The van der Waals surface area contributed by atoms with Gasteiger partial charge in [0.25, 0.3) is 0 Å². The molecule has 0 bridgehead atoms. The van der Waals surface area contributed by atoms with Crippen LogP contribution < -0.4 is 10.9 Å². The number of hydrogen-bond donors (Lipinski definition) is 3. The molecule has 3 heteroatoms. The van der Waals surface area contributed by atoms with E-state index in [-0.39, 0.29) is 0 Å². The van der Waals surface area contributed by atoms with Crippen molar-refractivity contribution >= 4 is 0 Å². The monoisotopic (exact) mass is 164 g/mol. The third kappa shape index (κ3) is 1.42. The van der Waals surface area contributed by atoms with Crippen LogP contribution in [0.1, 0.15) is 18.0 Å². The lowest BCUT2D eigenvalue weighted by Gasteiger charge is -2.09. The molecule has 0 amide bonds. The molecule has 64 valence electrons. The Kier molecular flexibility index (Phi) is 1.98. The standard InChI is InChI=1S/C9H12N2O/c12-8-3-1-2-7(6-8)9-4-5-10-11-9/h1-3,6,9-12H,4-5H2. The summed E-state index contributed by atoms with van der Waals surface area (Å²) in [5.41, 5.74) is 7.34. The maximum absolute atomic E-state index is 9.23. The van der Waals surface area contributed by atoms with Gasteiger partial charge in [0.15, 0.2) is 0 Å². The summed E-state index contributed by atoms with van der Waals surface area (Å²) in [6.07, 6.45) is 1.07. The van der Waals surface area contributed by atoms with Crippen molar-refractivity contribution in [3.63, 3.8) is 0 Å². The van der Waals surface area contributed by atoms with E-state index in [2.05, 4.69) is 10.9 Å². The first-order valence-electron chi connectivity index (χ1n) is 4.13. The van der Waals surface area contributed by atoms with Crippen molar-refractivity contribution in [2.45, 2.75) is 12.5 Å². The highest BCUT2D eigenvalue weighted by Crippen LogP contribution is 2.21. The number of nitrogens with one attached hydrogen (secondary N) is 2. The molecule has 0 aromatic heterocycles. The maximum Gasteiger partial charge on any atom is 0.115 e. The first-order valence-corrected chi connectivity index (χ1v) is 4.13. The van der Waals surface area contributed by atoms with E-state index < -0.39 is 0 Å². The molecule has 1 saturated heterocycles. The Morgan fingerprint density at radius 2 is 2.33 bits per heavy atom. The minimum absolute atomic E-state index is 0.334. The van der Waals surface area contributed by atoms with E-state index in [1.807, 2.05) is 12.1 Å². The average Bonchev–Trinajstić information content (AvgIpc) is 2.56. The fourth-order valence-electron chi connectivity index (χ4n) is 1.48. The van der Waals surface area contributed by atoms with Crippen molar-refractivity contribution in [1.82, 2.24) is 10.9 Å². The summed E-state index contributed by atoms with van der Waals surface area (Å²) in [5, 5.41) is 9.23. The lowest BCUT2D eigenvalue weighted by Crippen LogP contribution is -2.24. The van der Waals surface area contributed by atoms with Crippen molar-refractivity contribution in [1.29, 1.82) is 0 Å². The molecule has 0 radical (unpaired) electrons. The van der Waals surface area contributed by atoms with Gasteiger partial charge in [0, 0.05) is 12.6 Å². The molecule has 1 aromatic carbocycles. The summed E-state index contributed by atoms with van der Waals surface area (Å²) in [5.74, 6) is 0.334. The van der Waals surface area contributed by atoms with Crippen LogP contribution in [0.4, 0.5) is 0 Å². The second kappa shape index (κ2) is 3.13. The van der Waals surface area contributed by atoms with E-state index in [0.717, 1.165) is 18.5 Å². The molecule has 1 fully saturated rings. The van der Waals surface area contributed by atoms with Gasteiger partial charge in [-0.1, -0.05) is 12.1 Å². The number of aromatic hydroxyl groups is 1. The normalized spacial score (nSPS) is 22.8. The third-order valence-corrected chi connectivity index (χ3v) is 2.11. The van der Waals surface area contributed by atoms with Gasteiger partial charge in [0.1, 0.15) is 5.75 Å². The van der Waals surface area contributed by atoms with Crippen molar-refractivity contribution < 1.29 is 5.11 Å². The van der Waals surface area contributed by atoms with Crippen molar-refractivity contribution in [2.24, 2.45) is 0 Å². The molecule has 1 atom stereocenters. The number of phenols is 1. The van der Waals surface area contributed by atoms with Gasteiger partial charge in [0.2, 0.25) is 0 Å². The summed E-state index contributed by atoms with van der Waals surface area (Å²) in [7, 11) is 0. The van der Waals surface area contributed by atoms with E-state index in [1.54, 1.807) is 12.1 Å². The Balaban J connectivity index is 2.21. The number of rotatable bonds is 1. The van der Waals surface area contributed by atoms with Crippen molar-refractivity contribution in [3.05, 3.63) is 29.8 Å². The lowest BCUT2D eigenvalue weighted by molar-refractivity contribution is 0.472. The highest BCUT2D eigenvalue weighted by atomic mass is 16.3. The average molecular weight is 164 g/mol. The van der Waals surface area contributed by atoms with Crippen LogP contribution in [0.15, 0.2) is 24.3 Å². The van der Waals surface area contributed by atoms with Crippen LogP contribution in [-0.2, 0) is 0 Å². The molecule has 3 N–H and O–H groups in total. The summed E-state index contributed by atoms with van der Waals surface area (Å²) in [6, 6.07) is 7.71. The van der Waals surface area contributed by atoms with Gasteiger partial charge >= 0.3 is 0 Å². The Labute approximate surface area is 71.4 Å². The Morgan fingerprint density at radius 3 is 3.00 bits per heavy atom. The molecule has 0 aliphatic carbocycles. The van der Waals surface area contributed by atoms with Crippen LogP contribution in [0.5, 0.6) is 5.75 Å². The van der Waals surface area contributed by atoms with E-state index >= 15 is 0 Å². The van der Waals surface area contributed by atoms with Gasteiger partial charge in [-0.2, -0.15) is 0 Å². The second-order valence-corrected chi connectivity index (χ2v) is 3.01. The zero-order valence-electron chi connectivity index (χ0n) is 6.75. The maximum atomic E-state index is 9.23. The van der Waals surface area contributed by atoms with Gasteiger partial charge in [-0.3, -0.25) is 10.9 Å². The minimum atomic E-state index is 0.334. The molecule has 2 rings (SSSR count). The topological polar surface area (TPSA) is 44.3 Å². The van der Waals surface area contributed by atoms with Crippen molar-refractivity contribution in [3.8, 4) is 5.75 Å². The van der Waals surface area contributed by atoms with Gasteiger partial charge < -0.3 is 5.11 Å². The Hall–Kier alpha value is -1.06. The zero-order valence-corrected chi connectivity index (χ0v) is 6.75. The zero-order chi connectivity index (χ0) is 8.39. The predicted molar refractivity (Wildman–Crippen MR) is 46.6 cm³/mol. The molecule has 0 spiro atoms. The van der Waals surface area contributed by atoms with Gasteiger partial charge in [-0.15, -0.1) is 0 Å². The van der Waals surface area contributed by atoms with Gasteiger partial charge in [-0.25, -0.2) is 0 Å². The van der Waals surface area contributed by atoms with E-state index in [0.29, 0.717) is 11.8 Å². The van der Waals surface area contributed by atoms with Crippen LogP contribution in [0.3, 0.4) is 0 Å². The Bertz CT molecular complexity index is 269. The van der Waals surface area contributed by atoms with Crippen LogP contribution in [0, 0.1) is 0 Å². The quantitative estimate of drug-likeness (QED) is 0.578. The molecule has 12 heavy (non-hydrogen) atoms. The number of benzene rings is 1. The number of phenolic OH excluding ortho intramolecular Hbond substituents is 1. The molecule has 1 heterocycles. The molecule has 0 saturated carbocycles. The molecule has 1 aliphatic rings. The fraction of sp³-hybridized carbons (Fsp3) is 0.333. The van der Waals surface area contributed by atoms with Crippen LogP contribution >= 0.6 is 0 Å². The summed E-state index contributed by atoms with van der Waals surface area (Å²) >= 11 is 0. The first-order chi connectivity index (χ1) is 5.86. The largest absolute Gasteiger partial charge is 0.508 e. The highest BCUT2D eigenvalue weighted by Gasteiger charge is 2.15. The second-order valence-electron chi connectivity index (χ2n) is 3.01. The summed E-state index contributed by atoms with van der Waals surface area (Å²) in [4.78, 5) is 0. The summed E-state index contributed by atoms with van der Waals surface area (Å²) in [6.45, 7) is 0.986.